The molecule has 0 aliphatic heterocycles. The van der Waals surface area contributed by atoms with E-state index in [-0.39, 0.29) is 16.6 Å². The quantitative estimate of drug-likeness (QED) is 0.268. The van der Waals surface area contributed by atoms with Gasteiger partial charge in [-0.1, -0.05) is 41.5 Å². The summed E-state index contributed by atoms with van der Waals surface area (Å²) in [6.07, 6.45) is 0. The number of benzene rings is 1. The summed E-state index contributed by atoms with van der Waals surface area (Å²) in [6, 6.07) is 3.90. The predicted octanol–water partition coefficient (Wildman–Crippen LogP) is 8.73. The number of rotatable bonds is 8. The number of hydrogen-bond acceptors (Lipinski definition) is 5. The fourth-order valence-electron chi connectivity index (χ4n) is 3.47. The molecule has 1 unspecified atom stereocenters. The lowest BCUT2D eigenvalue weighted by Gasteiger charge is -2.39. The summed E-state index contributed by atoms with van der Waals surface area (Å²) in [5.41, 5.74) is 1.74. The summed E-state index contributed by atoms with van der Waals surface area (Å²) in [5, 5.41) is 11.2. The third kappa shape index (κ3) is 9.39. The first-order valence-corrected chi connectivity index (χ1v) is 23.7. The summed E-state index contributed by atoms with van der Waals surface area (Å²) in [5.74, 6) is -0.553. The number of phenolic OH excluding ortho intramolecular Hbond substituents is 1. The van der Waals surface area contributed by atoms with E-state index in [1.54, 1.807) is 0 Å². The van der Waals surface area contributed by atoms with Gasteiger partial charge in [-0.25, -0.2) is 0 Å². The molecule has 9 heteroatoms. The number of aromatic hydroxyl groups is 1. The van der Waals surface area contributed by atoms with Crippen molar-refractivity contribution >= 4 is 32.5 Å². The normalized spacial score (nSPS) is 15.6. The van der Waals surface area contributed by atoms with Crippen LogP contribution in [-0.4, -0.2) is 30.1 Å². The van der Waals surface area contributed by atoms with Crippen LogP contribution < -0.4 is 0 Å². The molecule has 1 N–H and O–H groups in total. The van der Waals surface area contributed by atoms with E-state index in [9.17, 15) is 9.67 Å². The van der Waals surface area contributed by atoms with Crippen LogP contribution in [0.1, 0.15) is 64.1 Å². The molecule has 1 aromatic carbocycles. The molecular formula is C24H49O5PSi3. The molecule has 1 atom stereocenters. The minimum atomic E-state index is -3.70. The van der Waals surface area contributed by atoms with Crippen LogP contribution in [0.25, 0.3) is 0 Å². The van der Waals surface area contributed by atoms with Crippen LogP contribution in [0.3, 0.4) is 0 Å². The van der Waals surface area contributed by atoms with Crippen molar-refractivity contribution in [2.75, 3.05) is 0 Å². The summed E-state index contributed by atoms with van der Waals surface area (Å²) in [7, 11) is -10.4. The zero-order valence-electron chi connectivity index (χ0n) is 23.8. The molecule has 0 aliphatic carbocycles. The summed E-state index contributed by atoms with van der Waals surface area (Å²) < 4.78 is 34.1. The largest absolute Gasteiger partial charge is 0.507 e. The predicted molar refractivity (Wildman–Crippen MR) is 149 cm³/mol. The molecule has 0 aliphatic rings. The molecule has 0 bridgehead atoms. The van der Waals surface area contributed by atoms with Gasteiger partial charge < -0.3 is 18.0 Å². The monoisotopic (exact) mass is 532 g/mol. The van der Waals surface area contributed by atoms with Gasteiger partial charge in [0.15, 0.2) is 30.8 Å². The maximum Gasteiger partial charge on any atom is 0.343 e. The number of hydrogen-bond donors (Lipinski definition) is 1. The molecular weight excluding hydrogens is 483 g/mol. The summed E-state index contributed by atoms with van der Waals surface area (Å²) in [4.78, 5) is 0. The lowest BCUT2D eigenvalue weighted by molar-refractivity contribution is 0.225. The first-order valence-electron chi connectivity index (χ1n) is 11.8. The van der Waals surface area contributed by atoms with Crippen molar-refractivity contribution < 1.29 is 22.5 Å². The average Bonchev–Trinajstić information content (AvgIpc) is 2.45. The minimum absolute atomic E-state index is 0.289. The summed E-state index contributed by atoms with van der Waals surface area (Å²) >= 11 is 0. The van der Waals surface area contributed by atoms with Gasteiger partial charge >= 0.3 is 7.60 Å². The van der Waals surface area contributed by atoms with E-state index in [2.05, 4.69) is 61.2 Å². The van der Waals surface area contributed by atoms with Crippen molar-refractivity contribution in [1.82, 2.24) is 0 Å². The van der Waals surface area contributed by atoms with E-state index >= 15 is 0 Å². The Kier molecular flexibility index (Phi) is 9.04. The smallest absolute Gasteiger partial charge is 0.343 e. The van der Waals surface area contributed by atoms with Crippen molar-refractivity contribution in [1.29, 1.82) is 0 Å². The molecule has 1 rings (SSSR count). The molecule has 0 amide bonds. The highest BCUT2D eigenvalue weighted by Crippen LogP contribution is 2.65. The molecule has 0 heterocycles. The average molecular weight is 533 g/mol. The van der Waals surface area contributed by atoms with Gasteiger partial charge in [-0.05, 0) is 98.6 Å². The van der Waals surface area contributed by atoms with Crippen LogP contribution in [0.15, 0.2) is 12.1 Å². The third-order valence-corrected chi connectivity index (χ3v) is 13.1. The van der Waals surface area contributed by atoms with E-state index in [4.69, 9.17) is 12.9 Å². The van der Waals surface area contributed by atoms with Crippen molar-refractivity contribution in [2.45, 2.75) is 117 Å². The SMILES string of the molecule is CC(C)(C)c1cc(C(O[Si](C)(C)C)P(=O)(O[Si](C)(C)C)O[Si](C)(C)C)cc(C(C)(C)C)c1O. The Hall–Kier alpha value is -0.219. The van der Waals surface area contributed by atoms with Gasteiger partial charge in [-0.15, -0.1) is 0 Å². The Bertz CT molecular complexity index is 827. The number of phenols is 1. The second-order valence-corrected chi connectivity index (χ2v) is 29.9. The summed E-state index contributed by atoms with van der Waals surface area (Å²) in [6.45, 7) is 30.8. The van der Waals surface area contributed by atoms with Crippen LogP contribution >= 0.6 is 7.60 Å². The first kappa shape index (κ1) is 30.8. The van der Waals surface area contributed by atoms with Crippen LogP contribution in [0, 0.1) is 0 Å². The highest BCUT2D eigenvalue weighted by atomic mass is 31.2. The zero-order valence-corrected chi connectivity index (χ0v) is 27.7. The topological polar surface area (TPSA) is 65.0 Å². The van der Waals surface area contributed by atoms with Crippen LogP contribution in [-0.2, 0) is 28.2 Å². The Morgan fingerprint density at radius 3 is 1.30 bits per heavy atom. The zero-order chi connectivity index (χ0) is 26.4. The molecule has 0 aromatic heterocycles. The van der Waals surface area contributed by atoms with Gasteiger partial charge in [0.05, 0.1) is 0 Å². The fourth-order valence-corrected chi connectivity index (χ4v) is 13.6. The second-order valence-electron chi connectivity index (χ2n) is 14.0. The highest BCUT2D eigenvalue weighted by molar-refractivity contribution is 7.57. The Morgan fingerprint density at radius 2 is 1.06 bits per heavy atom. The minimum Gasteiger partial charge on any atom is -0.507 e. The maximum absolute atomic E-state index is 14.7. The van der Waals surface area contributed by atoms with Crippen molar-refractivity contribution in [3.8, 4) is 5.75 Å². The van der Waals surface area contributed by atoms with E-state index in [0.29, 0.717) is 0 Å². The second kappa shape index (κ2) is 9.68. The lowest BCUT2D eigenvalue weighted by Crippen LogP contribution is -2.35. The van der Waals surface area contributed by atoms with Crippen molar-refractivity contribution in [3.63, 3.8) is 0 Å². The Balaban J connectivity index is 4.03. The standard InChI is InChI=1S/C24H49O5PSi3/c1-23(2,3)19-16-18(17-20(21(19)25)24(4,5)6)22(27-31(7,8)9)30(26,28-32(10,11)12)29-33(13,14)15/h16-17,22,25H,1-15H3. The molecule has 1 aromatic rings. The van der Waals surface area contributed by atoms with E-state index in [0.717, 1.165) is 16.7 Å². The first-order chi connectivity index (χ1) is 14.3. The van der Waals surface area contributed by atoms with Crippen LogP contribution in [0.5, 0.6) is 5.75 Å². The molecule has 5 nitrogen and oxygen atoms in total. The van der Waals surface area contributed by atoms with Gasteiger partial charge in [-0.3, -0.25) is 4.57 Å². The molecule has 0 saturated carbocycles. The van der Waals surface area contributed by atoms with E-state index < -0.39 is 38.4 Å². The van der Waals surface area contributed by atoms with Gasteiger partial charge in [0, 0.05) is 0 Å². The van der Waals surface area contributed by atoms with E-state index in [1.165, 1.54) is 0 Å². The van der Waals surface area contributed by atoms with Crippen molar-refractivity contribution in [3.05, 3.63) is 28.8 Å². The molecule has 0 spiro atoms. The molecule has 192 valence electrons. The highest BCUT2D eigenvalue weighted by Gasteiger charge is 2.47. The van der Waals surface area contributed by atoms with Crippen LogP contribution in [0.4, 0.5) is 0 Å². The maximum atomic E-state index is 14.7. The Morgan fingerprint density at radius 1 is 0.727 bits per heavy atom. The van der Waals surface area contributed by atoms with Gasteiger partial charge in [0.1, 0.15) is 5.75 Å². The molecule has 33 heavy (non-hydrogen) atoms. The molecule has 0 saturated heterocycles. The molecule has 0 fully saturated rings. The van der Waals surface area contributed by atoms with Gasteiger partial charge in [0.2, 0.25) is 0 Å². The van der Waals surface area contributed by atoms with Crippen molar-refractivity contribution in [2.24, 2.45) is 0 Å². The van der Waals surface area contributed by atoms with Crippen LogP contribution in [0.2, 0.25) is 58.9 Å². The third-order valence-electron chi connectivity index (χ3n) is 4.59. The lowest BCUT2D eigenvalue weighted by atomic mass is 9.78. The van der Waals surface area contributed by atoms with E-state index in [1.807, 2.05) is 51.4 Å². The van der Waals surface area contributed by atoms with Gasteiger partial charge in [-0.2, -0.15) is 0 Å². The molecule has 0 radical (unpaired) electrons. The Labute approximate surface area is 206 Å². The van der Waals surface area contributed by atoms with Gasteiger partial charge in [0.25, 0.3) is 0 Å². The fraction of sp³-hybridized carbons (Fsp3) is 0.750.